The molecule has 0 spiro atoms. The number of hydrogen-bond donors (Lipinski definition) is 0. The molecule has 1 aliphatic carbocycles. The van der Waals surface area contributed by atoms with Gasteiger partial charge in [-0.05, 0) is 54.6 Å². The highest BCUT2D eigenvalue weighted by atomic mass is 28.4. The number of aromatic nitrogens is 1. The van der Waals surface area contributed by atoms with Crippen molar-refractivity contribution in [3.8, 4) is 0 Å². The maximum Gasteiger partial charge on any atom is 0.192 e. The first-order valence-electron chi connectivity index (χ1n) is 8.29. The molecule has 0 saturated heterocycles. The molecule has 0 radical (unpaired) electrons. The monoisotopic (exact) mass is 319 g/mol. The third-order valence-corrected chi connectivity index (χ3v) is 9.55. The van der Waals surface area contributed by atoms with E-state index in [1.54, 1.807) is 0 Å². The summed E-state index contributed by atoms with van der Waals surface area (Å²) in [5.74, 6) is 0.779. The molecule has 0 unspecified atom stereocenters. The SMILES string of the molecule is CC(C)(C)[Si](C)(C)OCc1cnccc1CCC(=O)C1CC1. The summed E-state index contributed by atoms with van der Waals surface area (Å²) in [6.45, 7) is 11.9. The number of ketones is 1. The van der Waals surface area contributed by atoms with Gasteiger partial charge in [-0.25, -0.2) is 0 Å². The number of hydrogen-bond acceptors (Lipinski definition) is 3. The van der Waals surface area contributed by atoms with Gasteiger partial charge in [0.05, 0.1) is 6.61 Å². The summed E-state index contributed by atoms with van der Waals surface area (Å²) >= 11 is 0. The molecular weight excluding hydrogens is 290 g/mol. The van der Waals surface area contributed by atoms with Crippen LogP contribution in [0.3, 0.4) is 0 Å². The standard InChI is InChI=1S/C18H29NO2Si/c1-18(2,3)22(4,5)21-13-16-12-19-11-10-14(16)8-9-17(20)15-6-7-15/h10-12,15H,6-9,13H2,1-5H3. The Labute approximate surface area is 135 Å². The Morgan fingerprint density at radius 2 is 2.00 bits per heavy atom. The highest BCUT2D eigenvalue weighted by Crippen LogP contribution is 2.37. The van der Waals surface area contributed by atoms with E-state index in [9.17, 15) is 4.79 Å². The predicted molar refractivity (Wildman–Crippen MR) is 92.3 cm³/mol. The van der Waals surface area contributed by atoms with Crippen molar-refractivity contribution in [3.05, 3.63) is 29.6 Å². The second-order valence-corrected chi connectivity index (χ2v) is 12.7. The third-order valence-electron chi connectivity index (χ3n) is 5.07. The molecule has 1 saturated carbocycles. The summed E-state index contributed by atoms with van der Waals surface area (Å²) in [5, 5.41) is 0.206. The van der Waals surface area contributed by atoms with E-state index < -0.39 is 8.32 Å². The molecule has 3 nitrogen and oxygen atoms in total. The number of aryl methyl sites for hydroxylation is 1. The average molecular weight is 320 g/mol. The first kappa shape index (κ1) is 17.4. The number of nitrogens with zero attached hydrogens (tertiary/aromatic N) is 1. The van der Waals surface area contributed by atoms with Gasteiger partial charge >= 0.3 is 0 Å². The van der Waals surface area contributed by atoms with Gasteiger partial charge < -0.3 is 4.43 Å². The first-order chi connectivity index (χ1) is 10.2. The number of carbonyl (C=O) groups is 1. The van der Waals surface area contributed by atoms with E-state index in [-0.39, 0.29) is 5.04 Å². The Hall–Kier alpha value is -1.00. The molecule has 1 aromatic rings. The Kier molecular flexibility index (Phi) is 5.23. The summed E-state index contributed by atoms with van der Waals surface area (Å²) in [4.78, 5) is 16.1. The van der Waals surface area contributed by atoms with Crippen LogP contribution in [0.1, 0.15) is 51.2 Å². The second-order valence-electron chi connectivity index (χ2n) is 7.93. The van der Waals surface area contributed by atoms with Gasteiger partial charge in [0.15, 0.2) is 8.32 Å². The van der Waals surface area contributed by atoms with Crippen LogP contribution in [-0.2, 0) is 22.2 Å². The van der Waals surface area contributed by atoms with Crippen LogP contribution in [0.25, 0.3) is 0 Å². The number of Topliss-reactive ketones (excluding diaryl/α,β-unsaturated/α-hetero) is 1. The minimum Gasteiger partial charge on any atom is -0.412 e. The van der Waals surface area contributed by atoms with E-state index in [0.717, 1.165) is 24.8 Å². The van der Waals surface area contributed by atoms with Crippen molar-refractivity contribution in [1.29, 1.82) is 0 Å². The lowest BCUT2D eigenvalue weighted by molar-refractivity contribution is -0.120. The lowest BCUT2D eigenvalue weighted by Crippen LogP contribution is -2.40. The molecule has 22 heavy (non-hydrogen) atoms. The van der Waals surface area contributed by atoms with Crippen LogP contribution in [0.2, 0.25) is 18.1 Å². The van der Waals surface area contributed by atoms with Gasteiger partial charge in [-0.3, -0.25) is 9.78 Å². The lowest BCUT2D eigenvalue weighted by Gasteiger charge is -2.36. The second kappa shape index (κ2) is 6.63. The lowest BCUT2D eigenvalue weighted by atomic mass is 10.0. The van der Waals surface area contributed by atoms with Crippen LogP contribution < -0.4 is 0 Å². The number of carbonyl (C=O) groups excluding carboxylic acids is 1. The van der Waals surface area contributed by atoms with E-state index >= 15 is 0 Å². The van der Waals surface area contributed by atoms with E-state index in [2.05, 4.69) is 38.8 Å². The zero-order chi connectivity index (χ0) is 16.4. The molecule has 122 valence electrons. The van der Waals surface area contributed by atoms with Crippen LogP contribution in [0, 0.1) is 5.92 Å². The van der Waals surface area contributed by atoms with Crippen molar-refractivity contribution in [2.24, 2.45) is 5.92 Å². The Morgan fingerprint density at radius 1 is 1.32 bits per heavy atom. The van der Waals surface area contributed by atoms with Gasteiger partial charge in [-0.2, -0.15) is 0 Å². The Bertz CT molecular complexity index is 530. The molecule has 0 N–H and O–H groups in total. The molecule has 0 aliphatic heterocycles. The van der Waals surface area contributed by atoms with E-state index in [0.29, 0.717) is 24.7 Å². The molecule has 0 aromatic carbocycles. The summed E-state index contributed by atoms with van der Waals surface area (Å²) in [5.41, 5.74) is 2.35. The maximum atomic E-state index is 11.9. The summed E-state index contributed by atoms with van der Waals surface area (Å²) in [6.07, 6.45) is 7.36. The van der Waals surface area contributed by atoms with Crippen LogP contribution >= 0.6 is 0 Å². The summed E-state index contributed by atoms with van der Waals surface area (Å²) in [6, 6.07) is 2.03. The molecule has 1 fully saturated rings. The molecular formula is C18H29NO2Si. The van der Waals surface area contributed by atoms with Crippen molar-refractivity contribution >= 4 is 14.1 Å². The highest BCUT2D eigenvalue weighted by Gasteiger charge is 2.37. The van der Waals surface area contributed by atoms with Gasteiger partial charge in [0, 0.05) is 24.7 Å². The quantitative estimate of drug-likeness (QED) is 0.694. The summed E-state index contributed by atoms with van der Waals surface area (Å²) < 4.78 is 6.30. The molecule has 0 bridgehead atoms. The fourth-order valence-electron chi connectivity index (χ4n) is 2.17. The van der Waals surface area contributed by atoms with Crippen LogP contribution in [0.4, 0.5) is 0 Å². The number of rotatable bonds is 7. The average Bonchev–Trinajstić information content (AvgIpc) is 3.26. The minimum absolute atomic E-state index is 0.206. The van der Waals surface area contributed by atoms with Crippen molar-refractivity contribution in [1.82, 2.24) is 4.98 Å². The zero-order valence-electron chi connectivity index (χ0n) is 14.6. The Balaban J connectivity index is 1.97. The van der Waals surface area contributed by atoms with Crippen LogP contribution in [0.15, 0.2) is 18.5 Å². The molecule has 2 rings (SSSR count). The van der Waals surface area contributed by atoms with Crippen LogP contribution in [-0.4, -0.2) is 19.1 Å². The molecule has 1 heterocycles. The molecule has 0 atom stereocenters. The topological polar surface area (TPSA) is 39.2 Å². The zero-order valence-corrected chi connectivity index (χ0v) is 15.6. The fraction of sp³-hybridized carbons (Fsp3) is 0.667. The molecule has 0 amide bonds. The summed E-state index contributed by atoms with van der Waals surface area (Å²) in [7, 11) is -1.76. The van der Waals surface area contributed by atoms with Gasteiger partial charge in [0.2, 0.25) is 0 Å². The van der Waals surface area contributed by atoms with Gasteiger partial charge in [0.1, 0.15) is 5.78 Å². The minimum atomic E-state index is -1.76. The van der Waals surface area contributed by atoms with Gasteiger partial charge in [-0.15, -0.1) is 0 Å². The highest BCUT2D eigenvalue weighted by molar-refractivity contribution is 6.74. The van der Waals surface area contributed by atoms with Crippen molar-refractivity contribution in [2.45, 2.75) is 71.2 Å². The third kappa shape index (κ3) is 4.50. The van der Waals surface area contributed by atoms with E-state index in [4.69, 9.17) is 4.43 Å². The largest absolute Gasteiger partial charge is 0.412 e. The predicted octanol–water partition coefficient (Wildman–Crippen LogP) is 4.52. The van der Waals surface area contributed by atoms with Crippen LogP contribution in [0.5, 0.6) is 0 Å². The van der Waals surface area contributed by atoms with Gasteiger partial charge in [-0.1, -0.05) is 20.8 Å². The van der Waals surface area contributed by atoms with E-state index in [1.165, 1.54) is 5.56 Å². The van der Waals surface area contributed by atoms with Crippen molar-refractivity contribution in [3.63, 3.8) is 0 Å². The number of pyridine rings is 1. The smallest absolute Gasteiger partial charge is 0.192 e. The Morgan fingerprint density at radius 3 is 2.59 bits per heavy atom. The van der Waals surface area contributed by atoms with E-state index in [1.807, 2.05) is 18.5 Å². The van der Waals surface area contributed by atoms with Crippen molar-refractivity contribution < 1.29 is 9.22 Å². The normalized spacial score (nSPS) is 15.9. The van der Waals surface area contributed by atoms with Gasteiger partial charge in [0.25, 0.3) is 0 Å². The fourth-order valence-corrected chi connectivity index (χ4v) is 3.12. The molecule has 1 aromatic heterocycles. The van der Waals surface area contributed by atoms with Crippen molar-refractivity contribution in [2.75, 3.05) is 0 Å². The molecule has 4 heteroatoms. The maximum absolute atomic E-state index is 11.9. The molecule has 1 aliphatic rings. The first-order valence-corrected chi connectivity index (χ1v) is 11.2.